The van der Waals surface area contributed by atoms with Crippen LogP contribution in [-0.2, 0) is 29.1 Å². The highest BCUT2D eigenvalue weighted by molar-refractivity contribution is 7.12. The molecule has 0 spiro atoms. The Morgan fingerprint density at radius 2 is 1.25 bits per heavy atom. The Morgan fingerprint density at radius 1 is 0.712 bits per heavy atom. The average molecular weight is 719 g/mol. The third kappa shape index (κ3) is 6.67. The summed E-state index contributed by atoms with van der Waals surface area (Å²) in [6.07, 6.45) is 9.42. The second kappa shape index (κ2) is 14.7. The van der Waals surface area contributed by atoms with E-state index in [2.05, 4.69) is 78.1 Å². The number of hydrogen-bond acceptors (Lipinski definition) is 6. The van der Waals surface area contributed by atoms with E-state index in [9.17, 15) is 9.59 Å². The van der Waals surface area contributed by atoms with E-state index in [1.165, 1.54) is 42.3 Å². The van der Waals surface area contributed by atoms with E-state index < -0.39 is 0 Å². The molecule has 0 N–H and O–H groups in total. The summed E-state index contributed by atoms with van der Waals surface area (Å²) < 4.78 is 0. The number of carbonyl (C=O) groups is 2. The van der Waals surface area contributed by atoms with Crippen LogP contribution in [0, 0.1) is 6.92 Å². The summed E-state index contributed by atoms with van der Waals surface area (Å²) in [5.74, 6) is -0.00851. The van der Waals surface area contributed by atoms with E-state index in [1.54, 1.807) is 28.7 Å². The molecular formula is C44H38N4O2S2. The third-order valence-electron chi connectivity index (χ3n) is 10.0. The van der Waals surface area contributed by atoms with Crippen molar-refractivity contribution >= 4 is 34.5 Å². The van der Waals surface area contributed by atoms with Gasteiger partial charge in [-0.3, -0.25) is 19.6 Å². The maximum Gasteiger partial charge on any atom is 0.246 e. The molecule has 2 aliphatic rings. The highest BCUT2D eigenvalue weighted by Crippen LogP contribution is 2.43. The maximum absolute atomic E-state index is 13.9. The van der Waals surface area contributed by atoms with E-state index in [4.69, 9.17) is 0 Å². The molecule has 2 aliphatic heterocycles. The molecule has 52 heavy (non-hydrogen) atoms. The summed E-state index contributed by atoms with van der Waals surface area (Å²) in [4.78, 5) is 44.8. The zero-order valence-electron chi connectivity index (χ0n) is 28.9. The molecule has 0 saturated carbocycles. The topological polar surface area (TPSA) is 66.4 Å². The lowest BCUT2D eigenvalue weighted by atomic mass is 9.84. The first-order chi connectivity index (χ1) is 25.5. The molecule has 0 saturated heterocycles. The predicted molar refractivity (Wildman–Crippen MR) is 210 cm³/mol. The molecule has 4 aromatic heterocycles. The predicted octanol–water partition coefficient (Wildman–Crippen LogP) is 9.18. The smallest absolute Gasteiger partial charge is 0.246 e. The molecule has 6 heterocycles. The van der Waals surface area contributed by atoms with Gasteiger partial charge in [-0.05, 0) is 77.7 Å². The zero-order chi connectivity index (χ0) is 35.6. The van der Waals surface area contributed by atoms with E-state index in [0.717, 1.165) is 28.1 Å². The van der Waals surface area contributed by atoms with Crippen LogP contribution in [0.2, 0.25) is 0 Å². The first kappa shape index (κ1) is 33.7. The van der Waals surface area contributed by atoms with E-state index in [0.29, 0.717) is 32.6 Å². The number of thiophene rings is 2. The number of amides is 2. The molecule has 0 unspecified atom stereocenters. The van der Waals surface area contributed by atoms with Crippen LogP contribution < -0.4 is 0 Å². The lowest BCUT2D eigenvalue weighted by Gasteiger charge is -2.33. The summed E-state index contributed by atoms with van der Waals surface area (Å²) in [5, 5.41) is 0. The Morgan fingerprint density at radius 3 is 1.83 bits per heavy atom. The Balaban J connectivity index is 1.05. The summed E-state index contributed by atoms with van der Waals surface area (Å²) in [5.41, 5.74) is 8.90. The van der Waals surface area contributed by atoms with Crippen molar-refractivity contribution < 1.29 is 9.59 Å². The molecule has 0 bridgehead atoms. The summed E-state index contributed by atoms with van der Waals surface area (Å²) in [6, 6.07) is 33.3. The highest BCUT2D eigenvalue weighted by atomic mass is 32.1. The molecule has 0 aliphatic carbocycles. The molecule has 2 atom stereocenters. The fraction of sp³-hybridized carbons (Fsp3) is 0.182. The van der Waals surface area contributed by atoms with Crippen molar-refractivity contribution in [2.45, 2.75) is 38.3 Å². The van der Waals surface area contributed by atoms with Gasteiger partial charge < -0.3 is 9.80 Å². The molecule has 2 amide bonds. The van der Waals surface area contributed by atoms with Crippen molar-refractivity contribution in [1.29, 1.82) is 0 Å². The van der Waals surface area contributed by atoms with Gasteiger partial charge in [0, 0.05) is 74.4 Å². The fourth-order valence-electron chi connectivity index (χ4n) is 7.62. The van der Waals surface area contributed by atoms with Crippen molar-refractivity contribution in [2.75, 3.05) is 13.1 Å². The van der Waals surface area contributed by atoms with E-state index in [-0.39, 0.29) is 23.7 Å². The van der Waals surface area contributed by atoms with E-state index in [1.807, 2.05) is 70.7 Å². The number of allylic oxidation sites excluding steroid dienone is 1. The lowest BCUT2D eigenvalue weighted by molar-refractivity contribution is -0.127. The number of hydrogen-bond donors (Lipinski definition) is 0. The number of carbonyl (C=O) groups excluding carboxylic acids is 2. The first-order valence-corrected chi connectivity index (χ1v) is 19.2. The number of aromatic nitrogens is 2. The summed E-state index contributed by atoms with van der Waals surface area (Å²) >= 11 is 3.50. The van der Waals surface area contributed by atoms with Crippen molar-refractivity contribution in [3.05, 3.63) is 176 Å². The monoisotopic (exact) mass is 718 g/mol. The van der Waals surface area contributed by atoms with Crippen molar-refractivity contribution in [3.8, 4) is 22.5 Å². The van der Waals surface area contributed by atoms with Gasteiger partial charge in [-0.15, -0.1) is 22.7 Å². The van der Waals surface area contributed by atoms with Gasteiger partial charge in [0.2, 0.25) is 11.8 Å². The first-order valence-electron chi connectivity index (χ1n) is 17.5. The van der Waals surface area contributed by atoms with Gasteiger partial charge in [-0.1, -0.05) is 73.3 Å². The minimum Gasteiger partial charge on any atom is -0.333 e. The van der Waals surface area contributed by atoms with Gasteiger partial charge in [0.05, 0.1) is 24.5 Å². The molecule has 8 heteroatoms. The summed E-state index contributed by atoms with van der Waals surface area (Å²) in [6.45, 7) is 8.24. The number of pyridine rings is 2. The molecule has 6 aromatic rings. The Bertz CT molecular complexity index is 2290. The third-order valence-corrected chi connectivity index (χ3v) is 12.2. The Kier molecular flexibility index (Phi) is 9.50. The van der Waals surface area contributed by atoms with E-state index >= 15 is 0 Å². The van der Waals surface area contributed by atoms with Crippen LogP contribution in [-0.4, -0.2) is 44.7 Å². The maximum atomic E-state index is 13.9. The normalized spacial score (nSPS) is 16.8. The molecule has 0 radical (unpaired) electrons. The van der Waals surface area contributed by atoms with Crippen LogP contribution in [0.4, 0.5) is 0 Å². The molecule has 6 nitrogen and oxygen atoms in total. The van der Waals surface area contributed by atoms with Crippen LogP contribution >= 0.6 is 22.7 Å². The van der Waals surface area contributed by atoms with Crippen LogP contribution in [0.5, 0.6) is 0 Å². The molecule has 2 aromatic carbocycles. The van der Waals surface area contributed by atoms with Crippen LogP contribution in [0.3, 0.4) is 0 Å². The van der Waals surface area contributed by atoms with Crippen LogP contribution in [0.15, 0.2) is 134 Å². The van der Waals surface area contributed by atoms with Crippen molar-refractivity contribution in [3.63, 3.8) is 0 Å². The second-order valence-corrected chi connectivity index (χ2v) is 15.8. The van der Waals surface area contributed by atoms with Crippen molar-refractivity contribution in [1.82, 2.24) is 19.8 Å². The fourth-order valence-corrected chi connectivity index (χ4v) is 9.96. The van der Waals surface area contributed by atoms with Gasteiger partial charge >= 0.3 is 0 Å². The van der Waals surface area contributed by atoms with Gasteiger partial charge in [0.25, 0.3) is 0 Å². The number of nitrogens with zero attached hydrogens (tertiary/aromatic N) is 4. The largest absolute Gasteiger partial charge is 0.333 e. The zero-order valence-corrected chi connectivity index (χ0v) is 30.6. The Labute approximate surface area is 312 Å². The lowest BCUT2D eigenvalue weighted by Crippen LogP contribution is -2.37. The van der Waals surface area contributed by atoms with Gasteiger partial charge in [-0.25, -0.2) is 0 Å². The molecule has 0 fully saturated rings. The average Bonchev–Trinajstić information content (AvgIpc) is 3.79. The Hall–Kier alpha value is -5.44. The molecular weight excluding hydrogens is 681 g/mol. The number of rotatable bonds is 8. The molecule has 258 valence electrons. The number of fused-ring (bicyclic) bond motifs is 2. The number of benzene rings is 2. The minimum atomic E-state index is -0.0713. The minimum absolute atomic E-state index is 0.0100. The van der Waals surface area contributed by atoms with Crippen molar-refractivity contribution in [2.24, 2.45) is 0 Å². The second-order valence-electron chi connectivity index (χ2n) is 13.3. The standard InChI is InChI=1S/C44H38N4O2S2/c1-3-43(49)47-25-38(32-15-5-7-17-34(32)40-19-9-11-22-46-40)36-24-30(52-42(36)28-47)13-12-20-44(50)48-26-37(35-23-29(2)51-41(35)27-48)31-14-4-6-16-33(31)39-18-8-10-21-45-39/h3-12,14-24,37-38H,1,13,25-28H2,2H3/b20-12+/t37-,38+/m1/s1. The van der Waals surface area contributed by atoms with Gasteiger partial charge in [0.15, 0.2) is 0 Å². The number of aryl methyl sites for hydroxylation is 1. The quantitative estimate of drug-likeness (QED) is 0.147. The van der Waals surface area contributed by atoms with Crippen LogP contribution in [0.25, 0.3) is 22.5 Å². The van der Waals surface area contributed by atoms with Gasteiger partial charge in [0.1, 0.15) is 0 Å². The highest BCUT2D eigenvalue weighted by Gasteiger charge is 2.33. The summed E-state index contributed by atoms with van der Waals surface area (Å²) in [7, 11) is 0. The van der Waals surface area contributed by atoms with Crippen LogP contribution in [0.1, 0.15) is 53.6 Å². The SMILES string of the molecule is C=CC(=O)N1Cc2sc(C/C=C/C(=O)N3Cc4sc(C)cc4[C@@H](c4ccccc4-c4ccccn4)C3)cc2[C@H](c2ccccc2-c2ccccn2)C1. The van der Waals surface area contributed by atoms with Gasteiger partial charge in [-0.2, -0.15) is 0 Å². The molecule has 8 rings (SSSR count).